The van der Waals surface area contributed by atoms with Crippen molar-refractivity contribution in [3.8, 4) is 0 Å². The Morgan fingerprint density at radius 3 is 2.48 bits per heavy atom. The summed E-state index contributed by atoms with van der Waals surface area (Å²) in [6.07, 6.45) is 5.93. The molecule has 23 heavy (non-hydrogen) atoms. The fraction of sp³-hybridized carbons (Fsp3) is 0.526. The molecule has 126 valence electrons. The first-order chi connectivity index (χ1) is 11.0. The summed E-state index contributed by atoms with van der Waals surface area (Å²) in [6, 6.07) is 10.6. The highest BCUT2D eigenvalue weighted by atomic mass is 16.2. The van der Waals surface area contributed by atoms with Gasteiger partial charge in [-0.25, -0.2) is 5.43 Å². The molecule has 0 aromatic heterocycles. The number of nitrogens with zero attached hydrogens (tertiary/aromatic N) is 2. The molecule has 1 heterocycles. The predicted molar refractivity (Wildman–Crippen MR) is 94.4 cm³/mol. The zero-order valence-corrected chi connectivity index (χ0v) is 14.7. The van der Waals surface area contributed by atoms with Gasteiger partial charge in [0.05, 0.1) is 0 Å². The summed E-state index contributed by atoms with van der Waals surface area (Å²) in [6.45, 7) is 9.05. The van der Waals surface area contributed by atoms with Crippen molar-refractivity contribution >= 4 is 5.91 Å². The van der Waals surface area contributed by atoms with Gasteiger partial charge in [0.1, 0.15) is 6.04 Å². The minimum atomic E-state index is -0.131. The van der Waals surface area contributed by atoms with Crippen molar-refractivity contribution in [2.45, 2.75) is 65.2 Å². The van der Waals surface area contributed by atoms with E-state index in [-0.39, 0.29) is 24.0 Å². The molecule has 4 nitrogen and oxygen atoms in total. The monoisotopic (exact) mass is 315 g/mol. The lowest BCUT2D eigenvalue weighted by molar-refractivity contribution is -0.141. The van der Waals surface area contributed by atoms with Gasteiger partial charge in [0.2, 0.25) is 5.91 Å². The zero-order chi connectivity index (χ0) is 16.8. The third kappa shape index (κ3) is 4.58. The van der Waals surface area contributed by atoms with E-state index in [1.165, 1.54) is 5.56 Å². The lowest BCUT2D eigenvalue weighted by Gasteiger charge is -2.39. The van der Waals surface area contributed by atoms with Crippen molar-refractivity contribution in [3.05, 3.63) is 48.2 Å². The number of amides is 1. The fourth-order valence-electron chi connectivity index (χ4n) is 3.15. The summed E-state index contributed by atoms with van der Waals surface area (Å²) in [4.78, 5) is 15.0. The third-order valence-electron chi connectivity index (χ3n) is 4.17. The summed E-state index contributed by atoms with van der Waals surface area (Å²) in [7, 11) is 0. The highest BCUT2D eigenvalue weighted by Crippen LogP contribution is 2.18. The number of hydrogen-bond acceptors (Lipinski definition) is 3. The van der Waals surface area contributed by atoms with Gasteiger partial charge < -0.3 is 9.91 Å². The average Bonchev–Trinajstić information content (AvgIpc) is 2.53. The van der Waals surface area contributed by atoms with Crippen LogP contribution in [0.3, 0.4) is 0 Å². The fourth-order valence-corrected chi connectivity index (χ4v) is 3.15. The number of carbonyl (C=O) groups excluding carboxylic acids is 1. The molecule has 0 bridgehead atoms. The van der Waals surface area contributed by atoms with E-state index in [2.05, 4.69) is 51.3 Å². The van der Waals surface area contributed by atoms with Gasteiger partial charge in [0, 0.05) is 24.8 Å². The number of hydrogen-bond donors (Lipinski definition) is 1. The standard InChI is InChI=1S/C19H29N3O/c1-15(2)22(16(3)4)19(23)18-12-8-9-13-21(18)20-14-17-10-6-5-7-11-17/h5-7,9-11,13,15-16,18,20H,8,12,14H2,1-4H3. The van der Waals surface area contributed by atoms with Crippen LogP contribution in [0.5, 0.6) is 0 Å². The van der Waals surface area contributed by atoms with Gasteiger partial charge in [-0.1, -0.05) is 36.4 Å². The van der Waals surface area contributed by atoms with Gasteiger partial charge in [0.25, 0.3) is 0 Å². The molecule has 1 aromatic carbocycles. The van der Waals surface area contributed by atoms with Crippen molar-refractivity contribution in [2.75, 3.05) is 0 Å². The molecule has 0 spiro atoms. The predicted octanol–water partition coefficient (Wildman–Crippen LogP) is 3.31. The van der Waals surface area contributed by atoms with Gasteiger partial charge in [-0.05, 0) is 46.1 Å². The van der Waals surface area contributed by atoms with Crippen LogP contribution >= 0.6 is 0 Å². The van der Waals surface area contributed by atoms with E-state index in [1.807, 2.05) is 34.3 Å². The van der Waals surface area contributed by atoms with Crippen LogP contribution < -0.4 is 5.43 Å². The molecular weight excluding hydrogens is 286 g/mol. The van der Waals surface area contributed by atoms with Crippen molar-refractivity contribution < 1.29 is 4.79 Å². The molecule has 0 saturated carbocycles. The van der Waals surface area contributed by atoms with Gasteiger partial charge in [-0.3, -0.25) is 4.79 Å². The van der Waals surface area contributed by atoms with E-state index >= 15 is 0 Å². The molecule has 1 N–H and O–H groups in total. The number of carbonyl (C=O) groups is 1. The number of benzene rings is 1. The van der Waals surface area contributed by atoms with Gasteiger partial charge in [0.15, 0.2) is 0 Å². The van der Waals surface area contributed by atoms with Crippen LogP contribution in [0, 0.1) is 0 Å². The first-order valence-electron chi connectivity index (χ1n) is 8.55. The molecule has 0 saturated heterocycles. The van der Waals surface area contributed by atoms with Crippen LogP contribution in [-0.2, 0) is 11.3 Å². The largest absolute Gasteiger partial charge is 0.336 e. The number of rotatable bonds is 6. The smallest absolute Gasteiger partial charge is 0.247 e. The minimum absolute atomic E-state index is 0.131. The quantitative estimate of drug-likeness (QED) is 0.875. The Hall–Kier alpha value is -1.81. The molecule has 1 unspecified atom stereocenters. The highest BCUT2D eigenvalue weighted by Gasteiger charge is 2.32. The van der Waals surface area contributed by atoms with Crippen LogP contribution in [0.1, 0.15) is 46.1 Å². The van der Waals surface area contributed by atoms with Crippen LogP contribution in [0.25, 0.3) is 0 Å². The Balaban J connectivity index is 2.06. The maximum atomic E-state index is 13.0. The summed E-state index contributed by atoms with van der Waals surface area (Å²) in [5.74, 6) is 0.208. The van der Waals surface area contributed by atoms with Crippen molar-refractivity contribution in [3.63, 3.8) is 0 Å². The Morgan fingerprint density at radius 1 is 1.22 bits per heavy atom. The first kappa shape index (κ1) is 17.5. The average molecular weight is 315 g/mol. The van der Waals surface area contributed by atoms with Gasteiger partial charge in [-0.2, -0.15) is 0 Å². The Morgan fingerprint density at radius 2 is 1.87 bits per heavy atom. The maximum absolute atomic E-state index is 13.0. The number of nitrogens with one attached hydrogen (secondary N) is 1. The molecule has 0 aliphatic carbocycles. The molecule has 1 aromatic rings. The normalized spacial score (nSPS) is 17.8. The Kier molecular flexibility index (Phi) is 6.22. The van der Waals surface area contributed by atoms with Crippen molar-refractivity contribution in [2.24, 2.45) is 0 Å². The second-order valence-electron chi connectivity index (χ2n) is 6.64. The summed E-state index contributed by atoms with van der Waals surface area (Å²) < 4.78 is 0. The molecule has 1 amide bonds. The van der Waals surface area contributed by atoms with Crippen molar-refractivity contribution in [1.29, 1.82) is 0 Å². The van der Waals surface area contributed by atoms with Gasteiger partial charge >= 0.3 is 0 Å². The van der Waals surface area contributed by atoms with E-state index in [4.69, 9.17) is 0 Å². The molecule has 1 atom stereocenters. The van der Waals surface area contributed by atoms with Crippen molar-refractivity contribution in [1.82, 2.24) is 15.3 Å². The molecule has 1 aliphatic heterocycles. The summed E-state index contributed by atoms with van der Waals surface area (Å²) >= 11 is 0. The van der Waals surface area contributed by atoms with Crippen LogP contribution in [0.15, 0.2) is 42.6 Å². The Bertz CT molecular complexity index is 517. The third-order valence-corrected chi connectivity index (χ3v) is 4.17. The van der Waals surface area contributed by atoms with E-state index in [0.29, 0.717) is 0 Å². The van der Waals surface area contributed by atoms with Crippen LogP contribution in [0.2, 0.25) is 0 Å². The summed E-state index contributed by atoms with van der Waals surface area (Å²) in [5.41, 5.74) is 4.61. The molecule has 2 rings (SSSR count). The highest BCUT2D eigenvalue weighted by molar-refractivity contribution is 5.82. The van der Waals surface area contributed by atoms with E-state index in [0.717, 1.165) is 19.4 Å². The zero-order valence-electron chi connectivity index (χ0n) is 14.7. The topological polar surface area (TPSA) is 35.6 Å². The second kappa shape index (κ2) is 8.16. The maximum Gasteiger partial charge on any atom is 0.247 e. The number of allylic oxidation sites excluding steroid dienone is 1. The van der Waals surface area contributed by atoms with Gasteiger partial charge in [-0.15, -0.1) is 0 Å². The number of hydrazine groups is 1. The molecule has 0 fully saturated rings. The minimum Gasteiger partial charge on any atom is -0.336 e. The SMILES string of the molecule is CC(C)N(C(=O)C1CCC=CN1NCc1ccccc1)C(C)C. The second-order valence-corrected chi connectivity index (χ2v) is 6.64. The molecule has 4 heteroatoms. The van der Waals surface area contributed by atoms with E-state index in [9.17, 15) is 4.79 Å². The van der Waals surface area contributed by atoms with E-state index in [1.54, 1.807) is 0 Å². The molecular formula is C19H29N3O. The lowest BCUT2D eigenvalue weighted by Crippen LogP contribution is -2.55. The lowest BCUT2D eigenvalue weighted by atomic mass is 10.0. The van der Waals surface area contributed by atoms with Crippen LogP contribution in [-0.4, -0.2) is 33.9 Å². The Labute approximate surface area is 140 Å². The first-order valence-corrected chi connectivity index (χ1v) is 8.55. The molecule has 1 aliphatic rings. The van der Waals surface area contributed by atoms with Crippen LogP contribution in [0.4, 0.5) is 0 Å². The molecule has 0 radical (unpaired) electrons. The van der Waals surface area contributed by atoms with E-state index < -0.39 is 0 Å². The summed E-state index contributed by atoms with van der Waals surface area (Å²) in [5, 5.41) is 1.98.